The Hall–Kier alpha value is -1.67. The maximum atomic E-state index is 12.9. The van der Waals surface area contributed by atoms with Crippen molar-refractivity contribution in [3.63, 3.8) is 0 Å². The quantitative estimate of drug-likeness (QED) is 0.592. The van der Waals surface area contributed by atoms with Crippen molar-refractivity contribution >= 4 is 33.6 Å². The van der Waals surface area contributed by atoms with Crippen molar-refractivity contribution in [3.8, 4) is 0 Å². The van der Waals surface area contributed by atoms with Gasteiger partial charge in [-0.3, -0.25) is 9.88 Å². The number of halogens is 2. The molecule has 8 heteroatoms. The normalized spacial score (nSPS) is 21.9. The number of piperazine rings is 1. The number of carbonyl (C=O) groups is 1. The van der Waals surface area contributed by atoms with Gasteiger partial charge in [0.2, 0.25) is 0 Å². The third kappa shape index (κ3) is 4.33. The Kier molecular flexibility index (Phi) is 6.19. The summed E-state index contributed by atoms with van der Waals surface area (Å²) in [5.74, 6) is 0. The van der Waals surface area contributed by atoms with Crippen LogP contribution < -0.4 is 0 Å². The van der Waals surface area contributed by atoms with Crippen molar-refractivity contribution in [1.82, 2.24) is 19.7 Å². The van der Waals surface area contributed by atoms with Crippen LogP contribution in [0.3, 0.4) is 0 Å². The number of fused-ring (bicyclic) bond motifs is 2. The van der Waals surface area contributed by atoms with E-state index in [-0.39, 0.29) is 12.1 Å². The van der Waals surface area contributed by atoms with Crippen molar-refractivity contribution in [2.45, 2.75) is 18.9 Å². The van der Waals surface area contributed by atoms with E-state index in [1.54, 1.807) is 0 Å². The number of urea groups is 1. The van der Waals surface area contributed by atoms with E-state index >= 15 is 0 Å². The lowest BCUT2D eigenvalue weighted by Gasteiger charge is -2.41. The smallest absolute Gasteiger partial charge is 0.320 e. The van der Waals surface area contributed by atoms with Gasteiger partial charge in [-0.1, -0.05) is 17.7 Å². The molecule has 1 unspecified atom stereocenters. The van der Waals surface area contributed by atoms with Gasteiger partial charge in [-0.05, 0) is 63.7 Å². The van der Waals surface area contributed by atoms with Gasteiger partial charge in [0.1, 0.15) is 0 Å². The lowest BCUT2D eigenvalue weighted by molar-refractivity contribution is 0.0358. The number of aryl methyl sites for hydroxylation is 2. The second-order valence-electron chi connectivity index (χ2n) is 8.35. The predicted octanol–water partition coefficient (Wildman–Crippen LogP) is 3.76. The molecule has 5 rings (SSSR count). The molecular formula is C23H26BrClN4O2. The highest BCUT2D eigenvalue weighted by Gasteiger charge is 2.34. The van der Waals surface area contributed by atoms with Crippen LogP contribution in [-0.4, -0.2) is 78.2 Å². The molecule has 164 valence electrons. The fourth-order valence-electron chi connectivity index (χ4n) is 4.91. The average molecular weight is 506 g/mol. The first-order valence-electron chi connectivity index (χ1n) is 10.9. The maximum absolute atomic E-state index is 12.9. The van der Waals surface area contributed by atoms with Crippen LogP contribution in [0.25, 0.3) is 0 Å². The second kappa shape index (κ2) is 9.06. The van der Waals surface area contributed by atoms with Gasteiger partial charge in [-0.15, -0.1) is 0 Å². The van der Waals surface area contributed by atoms with Crippen molar-refractivity contribution in [1.29, 1.82) is 0 Å². The number of morpholine rings is 1. The molecule has 0 spiro atoms. The molecule has 2 aliphatic heterocycles. The summed E-state index contributed by atoms with van der Waals surface area (Å²) in [6.07, 6.45) is 3.79. The van der Waals surface area contributed by atoms with E-state index in [1.165, 1.54) is 16.7 Å². The monoisotopic (exact) mass is 504 g/mol. The summed E-state index contributed by atoms with van der Waals surface area (Å²) in [5.41, 5.74) is 4.97. The van der Waals surface area contributed by atoms with Crippen molar-refractivity contribution in [2.75, 3.05) is 52.5 Å². The summed E-state index contributed by atoms with van der Waals surface area (Å²) >= 11 is 9.92. The molecule has 0 bridgehead atoms. The molecule has 2 aromatic rings. The van der Waals surface area contributed by atoms with Crippen LogP contribution in [0.1, 0.15) is 28.4 Å². The number of carbonyl (C=O) groups excluding carboxylic acids is 1. The lowest BCUT2D eigenvalue weighted by atomic mass is 9.96. The molecule has 31 heavy (non-hydrogen) atoms. The molecule has 6 nitrogen and oxygen atoms in total. The Bertz CT molecular complexity index is 921. The Morgan fingerprint density at radius 3 is 2.48 bits per heavy atom. The first-order valence-corrected chi connectivity index (χ1v) is 12.1. The molecule has 3 heterocycles. The third-order valence-corrected chi connectivity index (χ3v) is 7.19. The summed E-state index contributed by atoms with van der Waals surface area (Å²) in [5, 5.41) is 0.776. The SMILES string of the molecule is O=C(N1CCOCC1)N1CCN(C2c3ccc(Cl)cc3CCc3cc(Br)cnc32)CC1. The molecule has 0 N–H and O–H groups in total. The first-order chi connectivity index (χ1) is 15.1. The Balaban J connectivity index is 1.40. The van der Waals surface area contributed by atoms with E-state index in [0.29, 0.717) is 26.3 Å². The fourth-order valence-corrected chi connectivity index (χ4v) is 5.48. The molecule has 3 aliphatic rings. The zero-order valence-corrected chi connectivity index (χ0v) is 19.7. The van der Waals surface area contributed by atoms with Crippen LogP contribution in [0.5, 0.6) is 0 Å². The van der Waals surface area contributed by atoms with E-state index in [4.69, 9.17) is 21.3 Å². The van der Waals surface area contributed by atoms with Gasteiger partial charge in [-0.25, -0.2) is 4.79 Å². The summed E-state index contributed by atoms with van der Waals surface area (Å²) in [6, 6.07) is 8.66. The number of hydrogen-bond donors (Lipinski definition) is 0. The summed E-state index contributed by atoms with van der Waals surface area (Å²) in [7, 11) is 0. The summed E-state index contributed by atoms with van der Waals surface area (Å²) in [4.78, 5) is 24.1. The topological polar surface area (TPSA) is 48.9 Å². The maximum Gasteiger partial charge on any atom is 0.320 e. The van der Waals surface area contributed by atoms with Crippen LogP contribution in [-0.2, 0) is 17.6 Å². The first kappa shape index (κ1) is 21.2. The minimum Gasteiger partial charge on any atom is -0.378 e. The largest absolute Gasteiger partial charge is 0.378 e. The Morgan fingerprint density at radius 2 is 1.71 bits per heavy atom. The Morgan fingerprint density at radius 1 is 1.00 bits per heavy atom. The van der Waals surface area contributed by atoms with Crippen molar-refractivity contribution in [2.24, 2.45) is 0 Å². The number of rotatable bonds is 1. The Labute approximate surface area is 196 Å². The number of nitrogens with zero attached hydrogens (tertiary/aromatic N) is 4. The lowest BCUT2D eigenvalue weighted by Crippen LogP contribution is -2.55. The molecule has 1 aromatic heterocycles. The van der Waals surface area contributed by atoms with Crippen LogP contribution in [0.15, 0.2) is 34.9 Å². The minimum absolute atomic E-state index is 0.0819. The molecule has 0 saturated carbocycles. The van der Waals surface area contributed by atoms with E-state index in [2.05, 4.69) is 39.0 Å². The van der Waals surface area contributed by atoms with Gasteiger partial charge in [0.15, 0.2) is 0 Å². The second-order valence-corrected chi connectivity index (χ2v) is 9.70. The molecule has 2 saturated heterocycles. The molecule has 0 radical (unpaired) electrons. The van der Waals surface area contributed by atoms with Gasteiger partial charge in [0.25, 0.3) is 0 Å². The number of hydrogen-bond acceptors (Lipinski definition) is 4. The van der Waals surface area contributed by atoms with E-state index in [0.717, 1.165) is 54.2 Å². The standard InChI is InChI=1S/C23H26BrClN4O2/c24-18-13-17-2-1-16-14-19(25)3-4-20(16)22(21(17)26-15-18)27-5-7-28(8-6-27)23(30)29-9-11-31-12-10-29/h3-4,13-15,22H,1-2,5-12H2. The number of benzene rings is 1. The zero-order valence-electron chi connectivity index (χ0n) is 17.4. The van der Waals surface area contributed by atoms with Crippen molar-refractivity contribution in [3.05, 3.63) is 62.3 Å². The fraction of sp³-hybridized carbons (Fsp3) is 0.478. The van der Waals surface area contributed by atoms with E-state index in [1.807, 2.05) is 22.1 Å². The van der Waals surface area contributed by atoms with Crippen LogP contribution in [0.4, 0.5) is 4.79 Å². The van der Waals surface area contributed by atoms with Gasteiger partial charge < -0.3 is 14.5 Å². The van der Waals surface area contributed by atoms with Gasteiger partial charge >= 0.3 is 6.03 Å². The van der Waals surface area contributed by atoms with E-state index < -0.39 is 0 Å². The number of pyridine rings is 1. The van der Waals surface area contributed by atoms with Gasteiger partial charge in [0, 0.05) is 55.0 Å². The molecule has 2 amide bonds. The molecule has 1 atom stereocenters. The highest BCUT2D eigenvalue weighted by atomic mass is 79.9. The zero-order chi connectivity index (χ0) is 21.4. The average Bonchev–Trinajstić information content (AvgIpc) is 2.95. The predicted molar refractivity (Wildman–Crippen MR) is 124 cm³/mol. The molecule has 1 aromatic carbocycles. The van der Waals surface area contributed by atoms with Crippen LogP contribution >= 0.6 is 27.5 Å². The minimum atomic E-state index is 0.0819. The molecular weight excluding hydrogens is 480 g/mol. The number of amides is 2. The molecule has 1 aliphatic carbocycles. The van der Waals surface area contributed by atoms with Crippen LogP contribution in [0.2, 0.25) is 5.02 Å². The number of aromatic nitrogens is 1. The molecule has 2 fully saturated rings. The summed E-state index contributed by atoms with van der Waals surface area (Å²) in [6.45, 7) is 5.71. The van der Waals surface area contributed by atoms with Crippen LogP contribution in [0, 0.1) is 0 Å². The van der Waals surface area contributed by atoms with Crippen molar-refractivity contribution < 1.29 is 9.53 Å². The summed E-state index contributed by atoms with van der Waals surface area (Å²) < 4.78 is 6.40. The van der Waals surface area contributed by atoms with Gasteiger partial charge in [0.05, 0.1) is 24.9 Å². The van der Waals surface area contributed by atoms with Gasteiger partial charge in [-0.2, -0.15) is 0 Å². The highest BCUT2D eigenvalue weighted by molar-refractivity contribution is 9.10. The third-order valence-electron chi connectivity index (χ3n) is 6.52. The van der Waals surface area contributed by atoms with E-state index in [9.17, 15) is 4.79 Å². The number of ether oxygens (including phenoxy) is 1. The highest BCUT2D eigenvalue weighted by Crippen LogP contribution is 2.38.